The molecule has 0 spiro atoms. The molecule has 202 valence electrons. The van der Waals surface area contributed by atoms with Crippen molar-refractivity contribution in [3.63, 3.8) is 0 Å². The molecule has 0 aliphatic rings. The van der Waals surface area contributed by atoms with Crippen molar-refractivity contribution in [2.24, 2.45) is 0 Å². The number of hydrogen-bond donors (Lipinski definition) is 1. The van der Waals surface area contributed by atoms with Crippen LogP contribution < -0.4 is 29.3 Å². The molecule has 1 amide bonds. The number of hydrogen-bond acceptors (Lipinski definition) is 7. The van der Waals surface area contributed by atoms with Crippen LogP contribution in [0.25, 0.3) is 11.1 Å². The van der Waals surface area contributed by atoms with Crippen LogP contribution in [0.1, 0.15) is 44.5 Å². The minimum Gasteiger partial charge on any atom is -0.548 e. The van der Waals surface area contributed by atoms with Crippen molar-refractivity contribution in [3.05, 3.63) is 112 Å². The van der Waals surface area contributed by atoms with Crippen LogP contribution in [0.4, 0.5) is 0 Å². The van der Waals surface area contributed by atoms with Crippen molar-refractivity contribution in [1.82, 2.24) is 10.3 Å². The van der Waals surface area contributed by atoms with E-state index in [2.05, 4.69) is 22.4 Å². The van der Waals surface area contributed by atoms with Crippen molar-refractivity contribution < 1.29 is 38.3 Å². The van der Waals surface area contributed by atoms with Gasteiger partial charge in [0.1, 0.15) is 0 Å². The zero-order chi connectivity index (χ0) is 27.6. The van der Waals surface area contributed by atoms with Gasteiger partial charge in [-0.3, -0.25) is 9.78 Å². The molecule has 9 heteroatoms. The summed E-state index contributed by atoms with van der Waals surface area (Å²) in [6.07, 6.45) is 4.58. The summed E-state index contributed by atoms with van der Waals surface area (Å²) >= 11 is 3.09. The first kappa shape index (κ1) is 31.7. The number of aliphatic carboxylic acids is 1. The average Bonchev–Trinajstić information content (AvgIpc) is 3.49. The third kappa shape index (κ3) is 8.57. The molecule has 1 aromatic heterocycles. The number of carboxylic acid groups (broad SMARTS) is 1. The van der Waals surface area contributed by atoms with Gasteiger partial charge >= 0.3 is 18.9 Å². The Kier molecular flexibility index (Phi) is 12.5. The largest absolute Gasteiger partial charge is 1.00 e. The van der Waals surface area contributed by atoms with Crippen molar-refractivity contribution in [3.8, 4) is 11.1 Å². The van der Waals surface area contributed by atoms with E-state index in [4.69, 9.17) is 4.74 Å². The van der Waals surface area contributed by atoms with Crippen molar-refractivity contribution >= 4 is 35.0 Å². The van der Waals surface area contributed by atoms with Gasteiger partial charge in [-0.25, -0.2) is 0 Å². The number of carboxylic acids is 1. The number of benzene rings is 3. The van der Waals surface area contributed by atoms with Crippen LogP contribution in [-0.4, -0.2) is 34.9 Å². The Balaban J connectivity index is 0.00000441. The second-order valence-electron chi connectivity index (χ2n) is 9.21. The summed E-state index contributed by atoms with van der Waals surface area (Å²) in [5.41, 5.74) is 6.94. The molecule has 2 atom stereocenters. The van der Waals surface area contributed by atoms with E-state index in [1.807, 2.05) is 74.0 Å². The summed E-state index contributed by atoms with van der Waals surface area (Å²) in [5.74, 6) is -1.13. The maximum absolute atomic E-state index is 13.3. The van der Waals surface area contributed by atoms with E-state index in [1.54, 1.807) is 22.9 Å². The maximum atomic E-state index is 13.3. The molecular formula is C31H31LiN2O4S2. The average molecular weight is 567 g/mol. The first-order chi connectivity index (χ1) is 19.0. The second-order valence-corrected chi connectivity index (χ2v) is 11.1. The molecule has 0 aliphatic heterocycles. The molecule has 40 heavy (non-hydrogen) atoms. The summed E-state index contributed by atoms with van der Waals surface area (Å²) in [7, 11) is 0. The first-order valence-electron chi connectivity index (χ1n) is 12.7. The number of ether oxygens (including phenoxy) is 1. The van der Waals surface area contributed by atoms with Crippen molar-refractivity contribution in [1.29, 1.82) is 0 Å². The van der Waals surface area contributed by atoms with Gasteiger partial charge in [0.05, 0.1) is 35.1 Å². The van der Waals surface area contributed by atoms with Crippen LogP contribution >= 0.6 is 23.1 Å². The third-order valence-electron chi connectivity index (χ3n) is 6.45. The van der Waals surface area contributed by atoms with Gasteiger partial charge in [0.2, 0.25) is 0 Å². The molecule has 1 heterocycles. The molecule has 0 saturated heterocycles. The van der Waals surface area contributed by atoms with Crippen LogP contribution in [0.15, 0.2) is 84.5 Å². The van der Waals surface area contributed by atoms with Gasteiger partial charge in [0, 0.05) is 18.2 Å². The fraction of sp³-hybridized carbons (Fsp3) is 0.258. The molecule has 1 unspecified atom stereocenters. The summed E-state index contributed by atoms with van der Waals surface area (Å²) in [6, 6.07) is 22.5. The van der Waals surface area contributed by atoms with Crippen LogP contribution in [0.2, 0.25) is 0 Å². The first-order valence-corrected chi connectivity index (χ1v) is 15.0. The van der Waals surface area contributed by atoms with E-state index in [1.165, 1.54) is 17.3 Å². The smallest absolute Gasteiger partial charge is 0.548 e. The minimum absolute atomic E-state index is 0. The zero-order valence-corrected chi connectivity index (χ0v) is 24.6. The standard InChI is InChI=1S/C31H32N2O4S2.Li/c1-21-8-6-7-11-24(21)26-16-23(12-13-25(26)30(34)33-27(31(35)36)14-15-38-2)19-37-28(29-18-32-20-39-29)17-22-9-4-3-5-10-22;/h3-13,16,18,20,27-28H,14-15,17,19H2,1-2H3,(H,33,34)(H,35,36);/q;+1/p-1/t27-,28?;/m0./s1. The summed E-state index contributed by atoms with van der Waals surface area (Å²) in [4.78, 5) is 30.3. The van der Waals surface area contributed by atoms with E-state index >= 15 is 0 Å². The number of amides is 1. The normalized spacial score (nSPS) is 12.2. The molecule has 0 aliphatic carbocycles. The molecule has 3 aromatic carbocycles. The predicted octanol–water partition coefficient (Wildman–Crippen LogP) is 2.22. The van der Waals surface area contributed by atoms with Crippen molar-refractivity contribution in [2.45, 2.75) is 38.5 Å². The molecular weight excluding hydrogens is 535 g/mol. The number of thiazole rings is 1. The summed E-state index contributed by atoms with van der Waals surface area (Å²) in [5, 5.41) is 14.3. The molecule has 0 bridgehead atoms. The Morgan fingerprint density at radius 3 is 2.45 bits per heavy atom. The fourth-order valence-electron chi connectivity index (χ4n) is 4.35. The zero-order valence-electron chi connectivity index (χ0n) is 23.0. The third-order valence-corrected chi connectivity index (χ3v) is 7.96. The molecule has 4 aromatic rings. The summed E-state index contributed by atoms with van der Waals surface area (Å²) < 4.78 is 6.42. The molecule has 0 saturated carbocycles. The molecule has 0 radical (unpaired) electrons. The predicted molar refractivity (Wildman–Crippen MR) is 156 cm³/mol. The van der Waals surface area contributed by atoms with Crippen molar-refractivity contribution in [2.75, 3.05) is 12.0 Å². The number of aromatic nitrogens is 1. The van der Waals surface area contributed by atoms with Gasteiger partial charge in [-0.05, 0) is 65.3 Å². The van der Waals surface area contributed by atoms with Crippen LogP contribution in [0, 0.1) is 6.92 Å². The Morgan fingerprint density at radius 2 is 1.77 bits per heavy atom. The van der Waals surface area contributed by atoms with Crippen LogP contribution in [0.5, 0.6) is 0 Å². The van der Waals surface area contributed by atoms with Gasteiger partial charge in [-0.1, -0.05) is 60.7 Å². The number of rotatable bonds is 13. The second kappa shape index (κ2) is 15.8. The van der Waals surface area contributed by atoms with Crippen LogP contribution in [-0.2, 0) is 22.6 Å². The van der Waals surface area contributed by atoms with Gasteiger partial charge in [0.25, 0.3) is 5.91 Å². The quantitative estimate of drug-likeness (QED) is 0.250. The maximum Gasteiger partial charge on any atom is 1.00 e. The van der Waals surface area contributed by atoms with E-state index in [9.17, 15) is 14.7 Å². The van der Waals surface area contributed by atoms with Gasteiger partial charge in [0.15, 0.2) is 0 Å². The van der Waals surface area contributed by atoms with E-state index < -0.39 is 17.9 Å². The minimum atomic E-state index is -1.28. The number of nitrogens with zero attached hydrogens (tertiary/aromatic N) is 1. The summed E-state index contributed by atoms with van der Waals surface area (Å²) in [6.45, 7) is 2.33. The van der Waals surface area contributed by atoms with Gasteiger partial charge in [-0.2, -0.15) is 11.8 Å². The van der Waals surface area contributed by atoms with E-state index in [-0.39, 0.29) is 25.0 Å². The van der Waals surface area contributed by atoms with Crippen LogP contribution in [0.3, 0.4) is 0 Å². The number of carbonyl (C=O) groups is 2. The molecule has 1 N–H and O–H groups in total. The SMILES string of the molecule is CSCC[C@H](NC(=O)c1ccc(COC(Cc2ccccc2)c2cncs2)cc1-c1ccccc1C)C(=O)[O-].[Li+]. The molecule has 4 rings (SSSR count). The van der Waals surface area contributed by atoms with E-state index in [0.717, 1.165) is 33.6 Å². The molecule has 0 fully saturated rings. The Bertz CT molecular complexity index is 1380. The fourth-order valence-corrected chi connectivity index (χ4v) is 5.49. The monoisotopic (exact) mass is 566 g/mol. The Hall–Kier alpha value is -2.86. The number of aryl methyl sites for hydroxylation is 1. The van der Waals surface area contributed by atoms with Gasteiger partial charge in [-0.15, -0.1) is 11.3 Å². The molecule has 6 nitrogen and oxygen atoms in total. The Morgan fingerprint density at radius 1 is 1.02 bits per heavy atom. The Labute approximate surface area is 255 Å². The number of nitrogens with one attached hydrogen (secondary N) is 1. The topological polar surface area (TPSA) is 91.3 Å². The number of thioether (sulfide) groups is 1. The van der Waals surface area contributed by atoms with E-state index in [0.29, 0.717) is 24.3 Å². The number of carbonyl (C=O) groups excluding carboxylic acids is 2. The van der Waals surface area contributed by atoms with Gasteiger partial charge < -0.3 is 20.0 Å².